The van der Waals surface area contributed by atoms with Crippen molar-refractivity contribution in [2.24, 2.45) is 0 Å². The summed E-state index contributed by atoms with van der Waals surface area (Å²) in [5, 5.41) is 10.0. The Balaban J connectivity index is 1.46. The van der Waals surface area contributed by atoms with Crippen LogP contribution < -0.4 is 5.56 Å². The van der Waals surface area contributed by atoms with Gasteiger partial charge in [0.2, 0.25) is 0 Å². The molecule has 0 unspecified atom stereocenters. The summed E-state index contributed by atoms with van der Waals surface area (Å²) in [5.74, 6) is -1.48. The minimum Gasteiger partial charge on any atom is -0.478 e. The van der Waals surface area contributed by atoms with Crippen molar-refractivity contribution in [2.45, 2.75) is 11.7 Å². The monoisotopic (exact) mass is 485 g/mol. The maximum atomic E-state index is 13.4. The topological polar surface area (TPSA) is 110 Å². The molecule has 3 aromatic carbocycles. The number of aromatic carboxylic acids is 1. The number of carboxylic acids is 1. The number of amides is 2. The predicted octanol–water partition coefficient (Wildman–Crippen LogP) is 3.53. The van der Waals surface area contributed by atoms with Gasteiger partial charge in [-0.1, -0.05) is 54.2 Å². The van der Waals surface area contributed by atoms with Gasteiger partial charge in [0.15, 0.2) is 5.16 Å². The normalized spacial score (nSPS) is 12.9. The van der Waals surface area contributed by atoms with E-state index in [1.54, 1.807) is 24.3 Å². The van der Waals surface area contributed by atoms with Gasteiger partial charge in [0.05, 0.1) is 34.1 Å². The zero-order valence-corrected chi connectivity index (χ0v) is 19.2. The number of benzene rings is 3. The Bertz CT molecular complexity index is 1510. The van der Waals surface area contributed by atoms with E-state index in [1.165, 1.54) is 39.4 Å². The number of fused-ring (bicyclic) bond motifs is 2. The first-order valence-corrected chi connectivity index (χ1v) is 11.8. The molecular formula is C26H19N3O5S. The highest BCUT2D eigenvalue weighted by Gasteiger charge is 2.34. The summed E-state index contributed by atoms with van der Waals surface area (Å²) < 4.78 is 1.53. The molecule has 0 spiro atoms. The second-order valence-electron chi connectivity index (χ2n) is 7.96. The van der Waals surface area contributed by atoms with Gasteiger partial charge in [-0.05, 0) is 35.9 Å². The highest BCUT2D eigenvalue weighted by molar-refractivity contribution is 7.99. The van der Waals surface area contributed by atoms with E-state index in [-0.39, 0.29) is 41.5 Å². The number of carboxylic acid groups (broad SMARTS) is 1. The second-order valence-corrected chi connectivity index (χ2v) is 9.03. The summed E-state index contributed by atoms with van der Waals surface area (Å²) in [6.07, 6.45) is 0. The van der Waals surface area contributed by atoms with Crippen molar-refractivity contribution in [3.8, 4) is 0 Å². The molecule has 9 heteroatoms. The van der Waals surface area contributed by atoms with E-state index in [9.17, 15) is 24.3 Å². The Labute approximate surface area is 203 Å². The van der Waals surface area contributed by atoms with Crippen LogP contribution in [0, 0.1) is 0 Å². The molecule has 0 fully saturated rings. The van der Waals surface area contributed by atoms with Gasteiger partial charge in [-0.25, -0.2) is 9.78 Å². The van der Waals surface area contributed by atoms with Crippen molar-refractivity contribution in [1.82, 2.24) is 14.5 Å². The van der Waals surface area contributed by atoms with Crippen LogP contribution in [0.15, 0.2) is 82.7 Å². The number of hydrogen-bond donors (Lipinski definition) is 1. The molecule has 2 heterocycles. The molecule has 1 aliphatic heterocycles. The lowest BCUT2D eigenvalue weighted by Crippen LogP contribution is -2.32. The SMILES string of the molecule is O=C(O)c1ccc2c(=O)n(Cc3ccccc3)c(SCCN3C(=O)c4ccccc4C3=O)nc2c1. The van der Waals surface area contributed by atoms with Crippen LogP contribution in [0.2, 0.25) is 0 Å². The zero-order chi connectivity index (χ0) is 24.5. The van der Waals surface area contributed by atoms with Gasteiger partial charge in [-0.2, -0.15) is 0 Å². The maximum absolute atomic E-state index is 13.4. The lowest BCUT2D eigenvalue weighted by molar-refractivity contribution is 0.0660. The van der Waals surface area contributed by atoms with Crippen molar-refractivity contribution < 1.29 is 19.5 Å². The van der Waals surface area contributed by atoms with Crippen LogP contribution in [-0.2, 0) is 6.54 Å². The first-order valence-electron chi connectivity index (χ1n) is 10.8. The van der Waals surface area contributed by atoms with Crippen LogP contribution in [0.3, 0.4) is 0 Å². The third kappa shape index (κ3) is 4.22. The molecule has 174 valence electrons. The molecule has 0 radical (unpaired) electrons. The Kier molecular flexibility index (Phi) is 5.92. The molecule has 8 nitrogen and oxygen atoms in total. The molecule has 0 aliphatic carbocycles. The van der Waals surface area contributed by atoms with Gasteiger partial charge in [-0.15, -0.1) is 0 Å². The molecule has 35 heavy (non-hydrogen) atoms. The molecule has 1 aliphatic rings. The summed E-state index contributed by atoms with van der Waals surface area (Å²) in [6, 6.07) is 20.4. The number of rotatable bonds is 7. The number of aromatic nitrogens is 2. The first-order chi connectivity index (χ1) is 16.9. The average Bonchev–Trinajstić information content (AvgIpc) is 3.11. The van der Waals surface area contributed by atoms with Crippen molar-refractivity contribution in [1.29, 1.82) is 0 Å². The molecule has 0 saturated heterocycles. The van der Waals surface area contributed by atoms with E-state index in [4.69, 9.17) is 0 Å². The highest BCUT2D eigenvalue weighted by Crippen LogP contribution is 2.25. The molecule has 0 bridgehead atoms. The van der Waals surface area contributed by atoms with E-state index in [1.807, 2.05) is 30.3 Å². The lowest BCUT2D eigenvalue weighted by atomic mass is 10.1. The number of carbonyl (C=O) groups is 3. The number of carbonyl (C=O) groups excluding carboxylic acids is 2. The molecule has 4 aromatic rings. The molecule has 2 amide bonds. The zero-order valence-electron chi connectivity index (χ0n) is 18.4. The Hall–Kier alpha value is -4.24. The minimum absolute atomic E-state index is 0.0344. The second kappa shape index (κ2) is 9.19. The molecule has 0 atom stereocenters. The van der Waals surface area contributed by atoms with E-state index < -0.39 is 5.97 Å². The van der Waals surface area contributed by atoms with Crippen molar-refractivity contribution >= 4 is 40.4 Å². The highest BCUT2D eigenvalue weighted by atomic mass is 32.2. The van der Waals surface area contributed by atoms with Gasteiger partial charge in [0, 0.05) is 12.3 Å². The third-order valence-electron chi connectivity index (χ3n) is 5.77. The van der Waals surface area contributed by atoms with Crippen LogP contribution in [0.1, 0.15) is 36.6 Å². The third-order valence-corrected chi connectivity index (χ3v) is 6.73. The fourth-order valence-corrected chi connectivity index (χ4v) is 4.94. The van der Waals surface area contributed by atoms with Gasteiger partial charge >= 0.3 is 5.97 Å². The van der Waals surface area contributed by atoms with Crippen LogP contribution >= 0.6 is 11.8 Å². The largest absolute Gasteiger partial charge is 0.478 e. The fraction of sp³-hybridized carbons (Fsp3) is 0.115. The molecule has 0 saturated carbocycles. The summed E-state index contributed by atoms with van der Waals surface area (Å²) in [4.78, 5) is 55.9. The molecular weight excluding hydrogens is 466 g/mol. The average molecular weight is 486 g/mol. The summed E-state index contributed by atoms with van der Waals surface area (Å²) in [7, 11) is 0. The van der Waals surface area contributed by atoms with Crippen molar-refractivity contribution in [3.05, 3.63) is 105 Å². The summed E-state index contributed by atoms with van der Waals surface area (Å²) in [6.45, 7) is 0.421. The minimum atomic E-state index is -1.11. The standard InChI is InChI=1S/C26H19N3O5S/c30-22-18-8-4-5-9-19(18)23(31)28(22)12-13-35-26-27-21-14-17(25(33)34)10-11-20(21)24(32)29(26)15-16-6-2-1-3-7-16/h1-11,14H,12-13,15H2,(H,33,34). The molecule has 1 N–H and O–H groups in total. The number of hydrogen-bond acceptors (Lipinski definition) is 6. The van der Waals surface area contributed by atoms with Crippen LogP contribution in [0.4, 0.5) is 0 Å². The molecule has 1 aromatic heterocycles. The van der Waals surface area contributed by atoms with E-state index in [0.29, 0.717) is 27.4 Å². The quantitative estimate of drug-likeness (QED) is 0.242. The van der Waals surface area contributed by atoms with Crippen LogP contribution in [0.5, 0.6) is 0 Å². The van der Waals surface area contributed by atoms with Crippen molar-refractivity contribution in [2.75, 3.05) is 12.3 Å². The van der Waals surface area contributed by atoms with Gasteiger partial charge in [0.1, 0.15) is 0 Å². The van der Waals surface area contributed by atoms with Crippen LogP contribution in [0.25, 0.3) is 10.9 Å². The summed E-state index contributed by atoms with van der Waals surface area (Å²) >= 11 is 1.24. The Morgan fingerprint density at radius 1 is 0.886 bits per heavy atom. The Morgan fingerprint density at radius 3 is 2.20 bits per heavy atom. The number of nitrogens with zero attached hydrogens (tertiary/aromatic N) is 3. The van der Waals surface area contributed by atoms with E-state index >= 15 is 0 Å². The Morgan fingerprint density at radius 2 is 1.54 bits per heavy atom. The van der Waals surface area contributed by atoms with Crippen LogP contribution in [-0.4, -0.2) is 49.6 Å². The van der Waals surface area contributed by atoms with Gasteiger partial charge < -0.3 is 5.11 Å². The summed E-state index contributed by atoms with van der Waals surface area (Å²) in [5.41, 5.74) is 1.69. The maximum Gasteiger partial charge on any atom is 0.335 e. The van der Waals surface area contributed by atoms with E-state index in [0.717, 1.165) is 5.56 Å². The van der Waals surface area contributed by atoms with Gasteiger partial charge in [0.25, 0.3) is 17.4 Å². The van der Waals surface area contributed by atoms with Gasteiger partial charge in [-0.3, -0.25) is 23.9 Å². The smallest absolute Gasteiger partial charge is 0.335 e. The van der Waals surface area contributed by atoms with E-state index in [2.05, 4.69) is 4.98 Å². The predicted molar refractivity (Wildman–Crippen MR) is 131 cm³/mol. The number of imide groups is 1. The van der Waals surface area contributed by atoms with Crippen molar-refractivity contribution in [3.63, 3.8) is 0 Å². The number of thioether (sulfide) groups is 1. The fourth-order valence-electron chi connectivity index (χ4n) is 4.02. The lowest BCUT2D eigenvalue weighted by Gasteiger charge is -2.16. The molecule has 5 rings (SSSR count). The first kappa shape index (κ1) is 22.5.